The number of nitrogens with one attached hydrogen (secondary N) is 1. The molecule has 8 rings (SSSR count). The first-order valence-electron chi connectivity index (χ1n) is 47.0. The summed E-state index contributed by atoms with van der Waals surface area (Å²) in [5.41, 5.74) is 13.3. The molecule has 6 atom stereocenters. The van der Waals surface area contributed by atoms with Gasteiger partial charge in [-0.1, -0.05) is 240 Å². The Labute approximate surface area is 807 Å². The van der Waals surface area contributed by atoms with Crippen LogP contribution in [0.5, 0.6) is 0 Å². The molecule has 752 valence electrons. The molecule has 0 bridgehead atoms. The minimum atomic E-state index is -0.311. The molecule has 24 nitrogen and oxygen atoms in total. The van der Waals surface area contributed by atoms with Gasteiger partial charge in [0.05, 0.1) is 202 Å². The Bertz CT molecular complexity index is 3620. The van der Waals surface area contributed by atoms with E-state index in [2.05, 4.69) is 259 Å². The lowest BCUT2D eigenvalue weighted by Crippen LogP contribution is -3.00. The van der Waals surface area contributed by atoms with Crippen LogP contribution < -0.4 is 27.9 Å². The summed E-state index contributed by atoms with van der Waals surface area (Å²) in [6, 6.07) is 61.1. The predicted octanol–water partition coefficient (Wildman–Crippen LogP) is 13.2. The summed E-state index contributed by atoms with van der Waals surface area (Å²) in [4.78, 5) is 76.0. The van der Waals surface area contributed by atoms with Crippen LogP contribution in [0.2, 0.25) is 0 Å². The van der Waals surface area contributed by atoms with E-state index < -0.39 is 0 Å². The number of halogens is 1. The largest absolute Gasteiger partial charge is 1.00 e. The summed E-state index contributed by atoms with van der Waals surface area (Å²) < 4.78 is 32.9. The van der Waals surface area contributed by atoms with Crippen molar-refractivity contribution in [2.75, 3.05) is 193 Å². The second-order valence-corrected chi connectivity index (χ2v) is 38.4. The number of quaternary nitrogens is 7. The molecule has 0 saturated carbocycles. The third-order valence-electron chi connectivity index (χ3n) is 22.1. The molecule has 1 spiro atoms. The smallest absolute Gasteiger partial charge is 0.311 e. The van der Waals surface area contributed by atoms with Gasteiger partial charge in [0, 0.05) is 65.1 Å². The maximum atomic E-state index is 11.7. The van der Waals surface area contributed by atoms with Crippen LogP contribution in [0.15, 0.2) is 176 Å². The summed E-state index contributed by atoms with van der Waals surface area (Å²) >= 11 is 0. The molecule has 1 amide bonds. The normalized spacial score (nSPS) is 13.3. The monoisotopic (exact) mass is 1880 g/mol. The molecule has 2 aliphatic heterocycles. The van der Waals surface area contributed by atoms with E-state index in [1.54, 1.807) is 11.1 Å². The van der Waals surface area contributed by atoms with E-state index in [9.17, 15) is 33.6 Å². The number of aliphatic hydroxyl groups is 3. The van der Waals surface area contributed by atoms with Gasteiger partial charge in [-0.05, 0) is 70.9 Å². The van der Waals surface area contributed by atoms with Gasteiger partial charge >= 0.3 is 35.8 Å². The quantitative estimate of drug-likeness (QED) is 0.0111. The van der Waals surface area contributed by atoms with Gasteiger partial charge in [0.2, 0.25) is 5.91 Å². The molecular weight excluding hydrogens is 1690 g/mol. The van der Waals surface area contributed by atoms with Crippen LogP contribution in [0.25, 0.3) is 0 Å². The SMILES string of the molecule is CCC(C)(C)C(=O)OC.CCC(C)C(=O)OC.CCC(C)C(=O)OC.CCC(C)C(=O)OC.CCC(C)C(=O)OC.CCC(CC(C)C(=O)NCCC[NH3+])C(=O)OC.C[N+](C)(C)Cc1ccccc1.C[N+](C)(C)Cc1ccccc1.C[N+](C)(C)Cc1ccccc1.C[N+](C)(C)c1ccccc1.OCC[N+](CCO)(CCO)Cc1ccccc1.[Cl-].c1ccc2c(c1)C[N+]1(CCCC1)C2. The lowest BCUT2D eigenvalue weighted by atomic mass is 9.91. The van der Waals surface area contributed by atoms with E-state index >= 15 is 0 Å². The van der Waals surface area contributed by atoms with Crippen molar-refractivity contribution in [3.63, 3.8) is 0 Å². The summed E-state index contributed by atoms with van der Waals surface area (Å²) in [7, 11) is 34.7. The first kappa shape index (κ1) is 132. The third kappa shape index (κ3) is 66.0. The van der Waals surface area contributed by atoms with Gasteiger partial charge in [-0.3, -0.25) is 38.0 Å². The van der Waals surface area contributed by atoms with Crippen LogP contribution in [-0.2, 0) is 101 Å². The van der Waals surface area contributed by atoms with Gasteiger partial charge in [0.25, 0.3) is 0 Å². The standard InChI is InChI=1S/C13H22NO3.C12H24N2O3.C12H16N.3C10H16N.C9H14N.C7H14O2.4C6H12O2.ClH/c15-9-6-14(7-10-16,8-11-17)12-13-4-2-1-3-5-13;1-4-10(12(16)17-3)8-9(2)11(15)14-7-5-6-13;1-2-6-12-10-13(7-3-4-8-13)9-11(12)5-1;3*1-11(2,3)9-10-7-5-4-6-8-10;1-10(2,3)9-7-5-4-6-8-9;1-5-7(2,3)6(8)9-4;4*1-4-5(2)6(7)8-3;/h1-5,15-17H,6-12H2;9-10H,4-8,13H2,1-3H3,(H,14,15);1-2,5-6H,3-4,7-10H2;3*4-8H,9H2,1-3H3;4-8H,1-3H3;5H2,1-4H3;4*5H,4H2,1-3H3;1H/q+1;;5*+1;;;;;;. The van der Waals surface area contributed by atoms with Crippen LogP contribution in [-0.4, -0.2) is 272 Å². The average molecular weight is 1880 g/mol. The number of carbonyl (C=O) groups excluding carboxylic acids is 7. The number of esters is 6. The fraction of sp³-hybridized carbons (Fsp3) is 0.598. The van der Waals surface area contributed by atoms with E-state index in [0.717, 1.165) is 94.7 Å². The van der Waals surface area contributed by atoms with Gasteiger partial charge in [-0.2, -0.15) is 0 Å². The fourth-order valence-corrected chi connectivity index (χ4v) is 12.9. The van der Waals surface area contributed by atoms with Crippen LogP contribution >= 0.6 is 0 Å². The molecule has 0 aromatic heterocycles. The van der Waals surface area contributed by atoms with Gasteiger partial charge in [0.1, 0.15) is 64.6 Å². The van der Waals surface area contributed by atoms with E-state index in [1.165, 1.54) is 109 Å². The Morgan fingerprint density at radius 3 is 0.894 bits per heavy atom. The van der Waals surface area contributed by atoms with Gasteiger partial charge in [0.15, 0.2) is 0 Å². The highest BCUT2D eigenvalue weighted by Crippen LogP contribution is 2.34. The molecule has 0 aliphatic carbocycles. The van der Waals surface area contributed by atoms with Crippen molar-refractivity contribution < 1.29 is 118 Å². The zero-order valence-corrected chi connectivity index (χ0v) is 88.8. The average Bonchev–Trinajstić information content (AvgIpc) is 1.63. The first-order valence-corrected chi connectivity index (χ1v) is 47.0. The first-order chi connectivity index (χ1) is 61.5. The molecular formula is C107H187ClN8O16+6. The minimum absolute atomic E-state index is 0. The Hall–Kier alpha value is -8.50. The van der Waals surface area contributed by atoms with E-state index in [0.29, 0.717) is 43.5 Å². The van der Waals surface area contributed by atoms with Crippen molar-refractivity contribution in [3.8, 4) is 0 Å². The second kappa shape index (κ2) is 74.8. The van der Waals surface area contributed by atoms with Crippen molar-refractivity contribution in [1.82, 2.24) is 9.80 Å². The highest BCUT2D eigenvalue weighted by molar-refractivity contribution is 5.80. The molecule has 6 aromatic rings. The maximum absolute atomic E-state index is 11.7. The number of nitrogens with zero attached hydrogens (tertiary/aromatic N) is 6. The molecule has 7 N–H and O–H groups in total. The van der Waals surface area contributed by atoms with Crippen molar-refractivity contribution in [2.24, 2.45) is 40.9 Å². The van der Waals surface area contributed by atoms with Gasteiger partial charge in [-0.25, -0.2) is 0 Å². The number of hydrogen-bond donors (Lipinski definition) is 5. The Balaban J connectivity index is -0.000000448. The minimum Gasteiger partial charge on any atom is -1.00 e. The summed E-state index contributed by atoms with van der Waals surface area (Å²) in [5, 5.41) is 30.3. The van der Waals surface area contributed by atoms with Crippen molar-refractivity contribution in [3.05, 3.63) is 209 Å². The summed E-state index contributed by atoms with van der Waals surface area (Å²) in [5.74, 6) is -0.965. The molecule has 1 fully saturated rings. The van der Waals surface area contributed by atoms with Crippen LogP contribution in [0, 0.1) is 40.9 Å². The highest BCUT2D eigenvalue weighted by Gasteiger charge is 2.38. The van der Waals surface area contributed by atoms with Gasteiger partial charge < -0.3 is 89.6 Å². The van der Waals surface area contributed by atoms with Crippen LogP contribution in [0.4, 0.5) is 5.69 Å². The summed E-state index contributed by atoms with van der Waals surface area (Å²) in [6.07, 6.45) is 9.23. The number of para-hydroxylation sites is 1. The van der Waals surface area contributed by atoms with Crippen LogP contribution in [0.1, 0.15) is 188 Å². The Morgan fingerprint density at radius 1 is 0.402 bits per heavy atom. The zero-order chi connectivity index (χ0) is 101. The number of benzene rings is 6. The van der Waals surface area contributed by atoms with Crippen molar-refractivity contribution in [1.29, 1.82) is 0 Å². The van der Waals surface area contributed by atoms with Gasteiger partial charge in [-0.15, -0.1) is 0 Å². The Morgan fingerprint density at radius 2 is 0.682 bits per heavy atom. The fourth-order valence-electron chi connectivity index (χ4n) is 12.9. The number of methoxy groups -OCH3 is 6. The van der Waals surface area contributed by atoms with Crippen molar-refractivity contribution in [2.45, 2.75) is 193 Å². The third-order valence-corrected chi connectivity index (χ3v) is 22.1. The Kier molecular flexibility index (Phi) is 74.8. The topological polar surface area (TPSA) is 275 Å². The number of ether oxygens (including phenoxy) is 6. The lowest BCUT2D eigenvalue weighted by molar-refractivity contribution is -0.941. The molecule has 0 radical (unpaired) electrons. The highest BCUT2D eigenvalue weighted by atomic mass is 35.5. The van der Waals surface area contributed by atoms with Crippen LogP contribution in [0.3, 0.4) is 0 Å². The number of amides is 1. The van der Waals surface area contributed by atoms with E-state index in [-0.39, 0.29) is 115 Å². The summed E-state index contributed by atoms with van der Waals surface area (Å²) in [6.45, 7) is 37.5. The second-order valence-electron chi connectivity index (χ2n) is 38.4. The van der Waals surface area contributed by atoms with E-state index in [1.807, 2.05) is 126 Å². The predicted molar refractivity (Wildman–Crippen MR) is 537 cm³/mol. The zero-order valence-electron chi connectivity index (χ0n) is 88.0. The van der Waals surface area contributed by atoms with Crippen molar-refractivity contribution >= 4 is 47.4 Å². The molecule has 25 heteroatoms. The number of rotatable bonds is 33. The number of carbonyl (C=O) groups is 7. The number of hydrogen-bond acceptors (Lipinski definition) is 16. The number of fused-ring (bicyclic) bond motifs is 1. The molecule has 1 saturated heterocycles. The molecule has 2 heterocycles. The molecule has 6 unspecified atom stereocenters. The lowest BCUT2D eigenvalue weighted by Gasteiger charge is -2.37. The molecule has 6 aromatic carbocycles. The van der Waals surface area contributed by atoms with E-state index in [4.69, 9.17) is 20.1 Å². The number of aliphatic hydroxyl groups excluding tert-OH is 3. The molecule has 132 heavy (non-hydrogen) atoms. The molecule has 2 aliphatic rings. The maximum Gasteiger partial charge on any atom is 0.311 e.